The van der Waals surface area contributed by atoms with Crippen LogP contribution in [0.4, 0.5) is 0 Å². The van der Waals surface area contributed by atoms with Gasteiger partial charge in [-0.2, -0.15) is 4.89 Å². The van der Waals surface area contributed by atoms with Crippen molar-refractivity contribution in [2.75, 3.05) is 13.6 Å². The van der Waals surface area contributed by atoms with Crippen LogP contribution in [0, 0.1) is 0 Å². The molecule has 0 aliphatic carbocycles. The van der Waals surface area contributed by atoms with Crippen molar-refractivity contribution in [1.82, 2.24) is 9.47 Å². The van der Waals surface area contributed by atoms with Crippen LogP contribution in [0.3, 0.4) is 0 Å². The second-order valence-electron chi connectivity index (χ2n) is 7.85. The summed E-state index contributed by atoms with van der Waals surface area (Å²) in [6, 6.07) is 26.7. The quantitative estimate of drug-likeness (QED) is 0.280. The summed E-state index contributed by atoms with van der Waals surface area (Å²) in [5.41, 5.74) is 3.28. The van der Waals surface area contributed by atoms with E-state index in [1.807, 2.05) is 78.5 Å². The van der Waals surface area contributed by atoms with Crippen LogP contribution >= 0.6 is 0 Å². The molecule has 4 rings (SSSR count). The van der Waals surface area contributed by atoms with Gasteiger partial charge in [0, 0.05) is 30.7 Å². The second kappa shape index (κ2) is 10.6. The molecule has 6 heteroatoms. The normalized spacial score (nSPS) is 10.8. The van der Waals surface area contributed by atoms with Crippen molar-refractivity contribution in [3.8, 4) is 0 Å². The Morgan fingerprint density at radius 1 is 0.848 bits per heavy atom. The zero-order valence-corrected chi connectivity index (χ0v) is 18.5. The van der Waals surface area contributed by atoms with Gasteiger partial charge in [0.2, 0.25) is 5.91 Å². The molecule has 168 valence electrons. The van der Waals surface area contributed by atoms with Crippen LogP contribution in [-0.2, 0) is 34.1 Å². The molecular weight excluding hydrogens is 416 g/mol. The summed E-state index contributed by atoms with van der Waals surface area (Å²) in [7, 11) is 1.81. The van der Waals surface area contributed by atoms with E-state index in [2.05, 4.69) is 12.1 Å². The number of likely N-dealkylation sites (N-methyl/N-ethyl adjacent to an activating group) is 1. The van der Waals surface area contributed by atoms with Gasteiger partial charge in [-0.05, 0) is 35.7 Å². The van der Waals surface area contributed by atoms with Crippen LogP contribution in [0.5, 0.6) is 0 Å². The molecule has 1 aromatic heterocycles. The number of carbonyl (C=O) groups excluding carboxylic acids is 2. The summed E-state index contributed by atoms with van der Waals surface area (Å²) in [5, 5.41) is 0.713. The molecule has 0 saturated carbocycles. The Kier molecular flexibility index (Phi) is 7.17. The van der Waals surface area contributed by atoms with Crippen LogP contribution in [0.25, 0.3) is 10.9 Å². The lowest BCUT2D eigenvalue weighted by Gasteiger charge is -2.18. The number of amides is 1. The Labute approximate surface area is 192 Å². The lowest BCUT2D eigenvalue weighted by Crippen LogP contribution is -2.31. The Morgan fingerprint density at radius 2 is 1.55 bits per heavy atom. The monoisotopic (exact) mass is 442 g/mol. The standard InChI is InChI=1S/C27H26N2O4/c1-28(17-15-21-9-4-2-5-10-21)26(30)19-29-18-16-23-24(13-8-14-25(23)29)27(31)33-32-20-22-11-6-3-7-12-22/h2-14,16,18H,15,17,19-20H2,1H3. The molecule has 0 aliphatic heterocycles. The molecule has 33 heavy (non-hydrogen) atoms. The summed E-state index contributed by atoms with van der Waals surface area (Å²) in [6.07, 6.45) is 2.61. The second-order valence-corrected chi connectivity index (χ2v) is 7.85. The van der Waals surface area contributed by atoms with Gasteiger partial charge in [0.25, 0.3) is 0 Å². The first-order valence-corrected chi connectivity index (χ1v) is 10.9. The first-order valence-electron chi connectivity index (χ1n) is 10.9. The molecule has 6 nitrogen and oxygen atoms in total. The fourth-order valence-electron chi connectivity index (χ4n) is 3.64. The number of hydrogen-bond donors (Lipinski definition) is 0. The predicted octanol–water partition coefficient (Wildman–Crippen LogP) is 4.63. The number of benzene rings is 3. The smallest absolute Gasteiger partial charge is 0.344 e. The third kappa shape index (κ3) is 5.67. The maximum absolute atomic E-state index is 12.8. The zero-order chi connectivity index (χ0) is 23.0. The van der Waals surface area contributed by atoms with Crippen LogP contribution in [-0.4, -0.2) is 34.9 Å². The molecule has 0 atom stereocenters. The first kappa shape index (κ1) is 22.3. The van der Waals surface area contributed by atoms with Crippen molar-refractivity contribution in [3.05, 3.63) is 108 Å². The van der Waals surface area contributed by atoms with E-state index in [9.17, 15) is 9.59 Å². The number of hydrogen-bond acceptors (Lipinski definition) is 4. The molecular formula is C27H26N2O4. The van der Waals surface area contributed by atoms with Crippen molar-refractivity contribution in [1.29, 1.82) is 0 Å². The number of carbonyl (C=O) groups is 2. The van der Waals surface area contributed by atoms with E-state index in [-0.39, 0.29) is 19.1 Å². The summed E-state index contributed by atoms with van der Waals surface area (Å²) in [4.78, 5) is 37.2. The fraction of sp³-hybridized carbons (Fsp3) is 0.185. The van der Waals surface area contributed by atoms with Gasteiger partial charge in [-0.3, -0.25) is 9.68 Å². The van der Waals surface area contributed by atoms with E-state index in [0.29, 0.717) is 17.5 Å². The van der Waals surface area contributed by atoms with Crippen LogP contribution in [0.15, 0.2) is 91.1 Å². The molecule has 0 bridgehead atoms. The molecule has 1 heterocycles. The Bertz CT molecular complexity index is 1220. The van der Waals surface area contributed by atoms with Crippen LogP contribution in [0.1, 0.15) is 21.5 Å². The van der Waals surface area contributed by atoms with Gasteiger partial charge in [-0.1, -0.05) is 66.7 Å². The third-order valence-corrected chi connectivity index (χ3v) is 5.55. The molecule has 1 amide bonds. The SMILES string of the molecule is CN(CCc1ccccc1)C(=O)Cn1ccc2c(C(=O)OOCc3ccccc3)cccc21. The molecule has 0 aliphatic rings. The van der Waals surface area contributed by atoms with Gasteiger partial charge >= 0.3 is 5.97 Å². The lowest BCUT2D eigenvalue weighted by atomic mass is 10.1. The Hall–Kier alpha value is -3.90. The highest BCUT2D eigenvalue weighted by atomic mass is 17.2. The van der Waals surface area contributed by atoms with E-state index >= 15 is 0 Å². The van der Waals surface area contributed by atoms with Crippen LogP contribution < -0.4 is 0 Å². The Balaban J connectivity index is 1.38. The average Bonchev–Trinajstić information content (AvgIpc) is 3.26. The highest BCUT2D eigenvalue weighted by Crippen LogP contribution is 2.21. The number of rotatable bonds is 9. The molecule has 0 radical (unpaired) electrons. The van der Waals surface area contributed by atoms with E-state index in [1.165, 1.54) is 5.56 Å². The summed E-state index contributed by atoms with van der Waals surface area (Å²) >= 11 is 0. The van der Waals surface area contributed by atoms with E-state index in [0.717, 1.165) is 17.5 Å². The molecule has 0 saturated heterocycles. The number of nitrogens with zero attached hydrogens (tertiary/aromatic N) is 2. The first-order chi connectivity index (χ1) is 16.1. The van der Waals surface area contributed by atoms with Crippen molar-refractivity contribution in [3.63, 3.8) is 0 Å². The average molecular weight is 443 g/mol. The van der Waals surface area contributed by atoms with Crippen LogP contribution in [0.2, 0.25) is 0 Å². The van der Waals surface area contributed by atoms with Crippen molar-refractivity contribution in [2.45, 2.75) is 19.6 Å². The van der Waals surface area contributed by atoms with Gasteiger partial charge in [-0.15, -0.1) is 0 Å². The minimum Gasteiger partial charge on any atom is -0.344 e. The molecule has 4 aromatic rings. The maximum atomic E-state index is 12.8. The summed E-state index contributed by atoms with van der Waals surface area (Å²) in [6.45, 7) is 1.00. The Morgan fingerprint density at radius 3 is 2.27 bits per heavy atom. The number of aromatic nitrogens is 1. The number of fused-ring (bicyclic) bond motifs is 1. The van der Waals surface area contributed by atoms with E-state index in [1.54, 1.807) is 17.0 Å². The summed E-state index contributed by atoms with van der Waals surface area (Å²) < 4.78 is 1.85. The van der Waals surface area contributed by atoms with Crippen molar-refractivity contribution in [2.24, 2.45) is 0 Å². The molecule has 0 unspecified atom stereocenters. The van der Waals surface area contributed by atoms with E-state index in [4.69, 9.17) is 9.78 Å². The van der Waals surface area contributed by atoms with Crippen molar-refractivity contribution < 1.29 is 19.4 Å². The molecule has 0 spiro atoms. The highest BCUT2D eigenvalue weighted by molar-refractivity contribution is 6.03. The van der Waals surface area contributed by atoms with Crippen molar-refractivity contribution >= 4 is 22.8 Å². The highest BCUT2D eigenvalue weighted by Gasteiger charge is 2.17. The minimum atomic E-state index is -0.569. The maximum Gasteiger partial charge on any atom is 0.373 e. The van der Waals surface area contributed by atoms with Gasteiger partial charge < -0.3 is 9.47 Å². The molecule has 3 aromatic carbocycles. The van der Waals surface area contributed by atoms with Gasteiger partial charge in [0.05, 0.1) is 5.56 Å². The lowest BCUT2D eigenvalue weighted by molar-refractivity contribution is -0.250. The largest absolute Gasteiger partial charge is 0.373 e. The molecule has 0 N–H and O–H groups in total. The van der Waals surface area contributed by atoms with Gasteiger partial charge in [0.15, 0.2) is 0 Å². The topological polar surface area (TPSA) is 60.8 Å². The zero-order valence-electron chi connectivity index (χ0n) is 18.5. The van der Waals surface area contributed by atoms with E-state index < -0.39 is 5.97 Å². The van der Waals surface area contributed by atoms with Gasteiger partial charge in [0.1, 0.15) is 13.2 Å². The molecule has 0 fully saturated rings. The van der Waals surface area contributed by atoms with Gasteiger partial charge in [-0.25, -0.2) is 4.79 Å². The summed E-state index contributed by atoms with van der Waals surface area (Å²) in [5.74, 6) is -0.566. The predicted molar refractivity (Wildman–Crippen MR) is 126 cm³/mol. The fourth-order valence-corrected chi connectivity index (χ4v) is 3.64. The minimum absolute atomic E-state index is 0.00241. The third-order valence-electron chi connectivity index (χ3n) is 5.55.